The van der Waals surface area contributed by atoms with Gasteiger partial charge in [-0.05, 0) is 28.8 Å². The van der Waals surface area contributed by atoms with Crippen molar-refractivity contribution >= 4 is 17.7 Å². The van der Waals surface area contributed by atoms with Gasteiger partial charge >= 0.3 is 0 Å². The summed E-state index contributed by atoms with van der Waals surface area (Å²) < 4.78 is 39.8. The summed E-state index contributed by atoms with van der Waals surface area (Å²) in [5.41, 5.74) is 3.10. The van der Waals surface area contributed by atoms with Crippen molar-refractivity contribution in [3.8, 4) is 11.1 Å². The van der Waals surface area contributed by atoms with E-state index >= 15 is 0 Å². The molecule has 1 unspecified atom stereocenters. The zero-order valence-electron chi connectivity index (χ0n) is 14.0. The molecule has 1 atom stereocenters. The molecule has 0 spiro atoms. The molecule has 148 valence electrons. The van der Waals surface area contributed by atoms with E-state index in [0.717, 1.165) is 12.1 Å². The molecule has 0 radical (unpaired) electrons. The van der Waals surface area contributed by atoms with Crippen LogP contribution in [-0.2, 0) is 14.4 Å². The second kappa shape index (κ2) is 8.97. The van der Waals surface area contributed by atoms with Crippen LogP contribution in [0.2, 0.25) is 0 Å². The van der Waals surface area contributed by atoms with E-state index in [1.165, 1.54) is 35.2 Å². The number of carbonyl (C=O) groups is 3. The monoisotopic (exact) mass is 397 g/mol. The molecular weight excluding hydrogens is 383 g/mol. The van der Waals surface area contributed by atoms with Gasteiger partial charge in [0.05, 0.1) is 0 Å². The number of hydrogen-bond acceptors (Lipinski definition) is 5. The molecule has 0 bridgehead atoms. The predicted molar refractivity (Wildman–Crippen MR) is 87.1 cm³/mol. The third kappa shape index (κ3) is 4.84. The molecule has 5 N–H and O–H groups in total. The van der Waals surface area contributed by atoms with E-state index in [1.54, 1.807) is 0 Å². The Balaban J connectivity index is 2.27. The molecule has 0 aliphatic carbocycles. The molecule has 0 fully saturated rings. The van der Waals surface area contributed by atoms with Crippen molar-refractivity contribution in [3.05, 3.63) is 59.4 Å². The Morgan fingerprint density at radius 3 is 1.93 bits per heavy atom. The number of nitrogens with one attached hydrogen (secondary N) is 3. The summed E-state index contributed by atoms with van der Waals surface area (Å²) >= 11 is 0. The summed E-state index contributed by atoms with van der Waals surface area (Å²) in [6.07, 6.45) is -0.780. The summed E-state index contributed by atoms with van der Waals surface area (Å²) in [5.74, 6) is -7.31. The van der Waals surface area contributed by atoms with Crippen LogP contribution in [0, 0.1) is 17.5 Å². The average molecular weight is 397 g/mol. The van der Waals surface area contributed by atoms with Gasteiger partial charge in [-0.2, -0.15) is 0 Å². The fraction of sp³-hybridized carbons (Fsp3) is 0.118. The van der Waals surface area contributed by atoms with E-state index in [1.807, 2.05) is 0 Å². The zero-order chi connectivity index (χ0) is 20.8. The minimum absolute atomic E-state index is 0.0368. The van der Waals surface area contributed by atoms with Crippen molar-refractivity contribution in [2.75, 3.05) is 0 Å². The Morgan fingerprint density at radius 2 is 1.43 bits per heavy atom. The molecule has 0 aliphatic rings. The molecule has 28 heavy (non-hydrogen) atoms. The maximum absolute atomic E-state index is 13.4. The molecule has 3 amide bonds. The van der Waals surface area contributed by atoms with Gasteiger partial charge in [0.15, 0.2) is 17.5 Å². The van der Waals surface area contributed by atoms with E-state index in [9.17, 15) is 27.6 Å². The molecule has 0 aliphatic heterocycles. The minimum atomic E-state index is -1.60. The molecule has 8 nitrogen and oxygen atoms in total. The van der Waals surface area contributed by atoms with E-state index in [4.69, 9.17) is 10.4 Å². The van der Waals surface area contributed by atoms with Crippen molar-refractivity contribution in [3.63, 3.8) is 0 Å². The maximum atomic E-state index is 13.4. The first-order valence-corrected chi connectivity index (χ1v) is 7.68. The summed E-state index contributed by atoms with van der Waals surface area (Å²) in [6, 6.07) is 5.53. The summed E-state index contributed by atoms with van der Waals surface area (Å²) in [7, 11) is 0. The van der Waals surface area contributed by atoms with Gasteiger partial charge in [0.2, 0.25) is 5.91 Å². The lowest BCUT2D eigenvalue weighted by Crippen LogP contribution is -2.40. The van der Waals surface area contributed by atoms with E-state index < -0.39 is 47.6 Å². The molecule has 2 aromatic carbocycles. The Morgan fingerprint density at radius 1 is 0.857 bits per heavy atom. The van der Waals surface area contributed by atoms with Crippen LogP contribution >= 0.6 is 0 Å². The van der Waals surface area contributed by atoms with Gasteiger partial charge in [-0.3, -0.25) is 24.8 Å². The van der Waals surface area contributed by atoms with Crippen LogP contribution in [0.25, 0.3) is 11.1 Å². The highest BCUT2D eigenvalue weighted by Gasteiger charge is 2.23. The van der Waals surface area contributed by atoms with Crippen LogP contribution in [-0.4, -0.2) is 28.1 Å². The third-order valence-corrected chi connectivity index (χ3v) is 3.68. The smallest absolute Gasteiger partial charge is 0.270 e. The number of halogens is 3. The number of amides is 3. The fourth-order valence-corrected chi connectivity index (χ4v) is 2.35. The second-order valence-electron chi connectivity index (χ2n) is 5.56. The average Bonchev–Trinajstić information content (AvgIpc) is 2.69. The quantitative estimate of drug-likeness (QED) is 0.217. The normalized spacial score (nSPS) is 11.5. The van der Waals surface area contributed by atoms with Gasteiger partial charge < -0.3 is 5.32 Å². The van der Waals surface area contributed by atoms with Gasteiger partial charge in [0.25, 0.3) is 11.8 Å². The van der Waals surface area contributed by atoms with Gasteiger partial charge in [-0.25, -0.2) is 24.1 Å². The Bertz CT molecular complexity index is 882. The Labute approximate surface area is 155 Å². The van der Waals surface area contributed by atoms with Gasteiger partial charge in [0.1, 0.15) is 12.5 Å². The number of rotatable bonds is 6. The number of benzene rings is 2. The summed E-state index contributed by atoms with van der Waals surface area (Å²) in [4.78, 5) is 34.6. The van der Waals surface area contributed by atoms with E-state index in [2.05, 4.69) is 5.32 Å². The number of hydroxylamine groups is 2. The zero-order valence-corrected chi connectivity index (χ0v) is 14.0. The predicted octanol–water partition coefficient (Wildman–Crippen LogP) is 1.33. The Kier molecular flexibility index (Phi) is 6.69. The largest absolute Gasteiger partial charge is 0.340 e. The van der Waals surface area contributed by atoms with Crippen LogP contribution in [0.3, 0.4) is 0 Å². The highest BCUT2D eigenvalue weighted by Crippen LogP contribution is 2.25. The van der Waals surface area contributed by atoms with Crippen LogP contribution in [0.15, 0.2) is 36.4 Å². The lowest BCUT2D eigenvalue weighted by molar-refractivity contribution is -0.138. The molecule has 2 rings (SSSR count). The SMILES string of the molecule is O=C(CC(=O)NC(C(=O)NO)c1ccc(-c2cc(F)c(F)c(F)c2)cc1)NO. The first-order valence-electron chi connectivity index (χ1n) is 7.68. The standard InChI is InChI=1S/C17H14F3N3O5/c18-11-5-10(6-12(19)15(11)20)8-1-3-9(4-2-8)16(17(26)23-28)21-13(24)7-14(25)22-27/h1-6,16,27-28H,7H2,(H,21,24)(H,22,25)(H,23,26). The molecule has 0 aromatic heterocycles. The number of hydrogen-bond donors (Lipinski definition) is 5. The molecular formula is C17H14F3N3O5. The van der Waals surface area contributed by atoms with Crippen LogP contribution in [0.4, 0.5) is 13.2 Å². The summed E-state index contributed by atoms with van der Waals surface area (Å²) in [5, 5.41) is 19.4. The van der Waals surface area contributed by atoms with E-state index in [-0.39, 0.29) is 16.7 Å². The van der Waals surface area contributed by atoms with Crippen LogP contribution in [0.5, 0.6) is 0 Å². The fourth-order valence-electron chi connectivity index (χ4n) is 2.35. The Hall–Kier alpha value is -3.44. The highest BCUT2D eigenvalue weighted by molar-refractivity contribution is 5.98. The topological polar surface area (TPSA) is 128 Å². The first kappa shape index (κ1) is 20.9. The van der Waals surface area contributed by atoms with Gasteiger partial charge in [0, 0.05) is 0 Å². The summed E-state index contributed by atoms with van der Waals surface area (Å²) in [6.45, 7) is 0. The molecule has 0 heterocycles. The highest BCUT2D eigenvalue weighted by atomic mass is 19.2. The lowest BCUT2D eigenvalue weighted by atomic mass is 10.00. The van der Waals surface area contributed by atoms with Crippen molar-refractivity contribution in [2.24, 2.45) is 0 Å². The minimum Gasteiger partial charge on any atom is -0.340 e. The molecule has 2 aromatic rings. The van der Waals surface area contributed by atoms with Gasteiger partial charge in [-0.15, -0.1) is 0 Å². The van der Waals surface area contributed by atoms with Crippen molar-refractivity contribution in [1.29, 1.82) is 0 Å². The maximum Gasteiger partial charge on any atom is 0.270 e. The molecule has 11 heteroatoms. The molecule has 0 saturated carbocycles. The third-order valence-electron chi connectivity index (χ3n) is 3.68. The van der Waals surface area contributed by atoms with Gasteiger partial charge in [-0.1, -0.05) is 24.3 Å². The number of carbonyl (C=O) groups excluding carboxylic acids is 3. The second-order valence-corrected chi connectivity index (χ2v) is 5.56. The van der Waals surface area contributed by atoms with Crippen LogP contribution < -0.4 is 16.3 Å². The van der Waals surface area contributed by atoms with Crippen molar-refractivity contribution in [1.82, 2.24) is 16.3 Å². The van der Waals surface area contributed by atoms with Crippen molar-refractivity contribution in [2.45, 2.75) is 12.5 Å². The van der Waals surface area contributed by atoms with Crippen molar-refractivity contribution < 1.29 is 38.0 Å². The van der Waals surface area contributed by atoms with Crippen LogP contribution in [0.1, 0.15) is 18.0 Å². The molecule has 0 saturated heterocycles. The van der Waals surface area contributed by atoms with E-state index in [0.29, 0.717) is 0 Å². The first-order chi connectivity index (χ1) is 13.3. The lowest BCUT2D eigenvalue weighted by Gasteiger charge is -2.17.